The zero-order valence-corrected chi connectivity index (χ0v) is 10.9. The highest BCUT2D eigenvalue weighted by Gasteiger charge is 2.25. The molecule has 2 aliphatic rings. The van der Waals surface area contributed by atoms with Crippen LogP contribution in [0.3, 0.4) is 0 Å². The second-order valence-corrected chi connectivity index (χ2v) is 5.52. The van der Waals surface area contributed by atoms with Crippen LogP contribution in [0.5, 0.6) is 0 Å². The average Bonchev–Trinajstić information content (AvgIpc) is 2.46. The van der Waals surface area contributed by atoms with E-state index < -0.39 is 0 Å². The van der Waals surface area contributed by atoms with Gasteiger partial charge in [0.15, 0.2) is 0 Å². The number of benzene rings is 2. The smallest absolute Gasteiger partial charge is 0.0345 e. The second kappa shape index (κ2) is 4.07. The summed E-state index contributed by atoms with van der Waals surface area (Å²) in [6.07, 6.45) is 7.92. The van der Waals surface area contributed by atoms with Gasteiger partial charge in [-0.1, -0.05) is 54.1 Å². The predicted octanol–water partition coefficient (Wildman–Crippen LogP) is 4.35. The Bertz CT molecular complexity index is 722. The van der Waals surface area contributed by atoms with Crippen molar-refractivity contribution < 1.29 is 0 Å². The fourth-order valence-electron chi connectivity index (χ4n) is 3.50. The van der Waals surface area contributed by atoms with Gasteiger partial charge in [0.1, 0.15) is 0 Å². The third-order valence-electron chi connectivity index (χ3n) is 4.38. The van der Waals surface area contributed by atoms with Crippen molar-refractivity contribution in [2.24, 2.45) is 5.73 Å². The first-order valence-electron chi connectivity index (χ1n) is 7.01. The van der Waals surface area contributed by atoms with Gasteiger partial charge in [0, 0.05) is 6.04 Å². The number of hydrogen-bond donors (Lipinski definition) is 1. The van der Waals surface area contributed by atoms with Gasteiger partial charge in [-0.05, 0) is 46.7 Å². The molecular formula is C18H17N. The molecule has 0 saturated carbocycles. The van der Waals surface area contributed by atoms with Gasteiger partial charge in [-0.2, -0.15) is 0 Å². The first-order valence-corrected chi connectivity index (χ1v) is 7.01. The van der Waals surface area contributed by atoms with Crippen molar-refractivity contribution in [3.63, 3.8) is 0 Å². The molecule has 0 radical (unpaired) electrons. The van der Waals surface area contributed by atoms with E-state index in [0.29, 0.717) is 0 Å². The summed E-state index contributed by atoms with van der Waals surface area (Å²) in [5.41, 5.74) is 12.1. The molecule has 1 heteroatoms. The minimum atomic E-state index is 0.145. The van der Waals surface area contributed by atoms with Crippen molar-refractivity contribution >= 4 is 16.3 Å². The Hall–Kier alpha value is -1.86. The third kappa shape index (κ3) is 1.58. The van der Waals surface area contributed by atoms with Crippen LogP contribution in [-0.4, -0.2) is 0 Å². The topological polar surface area (TPSA) is 26.0 Å². The van der Waals surface area contributed by atoms with Gasteiger partial charge in [-0.15, -0.1) is 0 Å². The van der Waals surface area contributed by atoms with E-state index in [1.807, 2.05) is 0 Å². The Morgan fingerprint density at radius 3 is 2.89 bits per heavy atom. The van der Waals surface area contributed by atoms with Crippen LogP contribution in [0.25, 0.3) is 16.3 Å². The molecule has 0 heterocycles. The van der Waals surface area contributed by atoms with Gasteiger partial charge in [0.2, 0.25) is 0 Å². The Balaban J connectivity index is 2.06. The summed E-state index contributed by atoms with van der Waals surface area (Å²) in [4.78, 5) is 0. The summed E-state index contributed by atoms with van der Waals surface area (Å²) in [5, 5.41) is 2.61. The van der Waals surface area contributed by atoms with Gasteiger partial charge in [0.25, 0.3) is 0 Å². The van der Waals surface area contributed by atoms with E-state index in [2.05, 4.69) is 48.6 Å². The lowest BCUT2D eigenvalue weighted by Crippen LogP contribution is -2.19. The van der Waals surface area contributed by atoms with Crippen molar-refractivity contribution in [3.05, 3.63) is 65.3 Å². The molecule has 1 atom stereocenters. The van der Waals surface area contributed by atoms with Crippen molar-refractivity contribution in [3.8, 4) is 0 Å². The van der Waals surface area contributed by atoms with Gasteiger partial charge >= 0.3 is 0 Å². The maximum atomic E-state index is 6.46. The molecule has 2 aliphatic carbocycles. The van der Waals surface area contributed by atoms with Gasteiger partial charge in [-0.25, -0.2) is 0 Å². The van der Waals surface area contributed by atoms with Crippen LogP contribution in [-0.2, 0) is 0 Å². The molecule has 0 fully saturated rings. The molecule has 0 saturated heterocycles. The van der Waals surface area contributed by atoms with Gasteiger partial charge in [0.05, 0.1) is 0 Å². The maximum Gasteiger partial charge on any atom is 0.0345 e. The molecule has 0 amide bonds. The molecule has 2 aromatic rings. The fourth-order valence-corrected chi connectivity index (χ4v) is 3.50. The van der Waals surface area contributed by atoms with Crippen molar-refractivity contribution in [1.82, 2.24) is 0 Å². The van der Waals surface area contributed by atoms with E-state index in [0.717, 1.165) is 12.8 Å². The Morgan fingerprint density at radius 1 is 1.05 bits per heavy atom. The minimum Gasteiger partial charge on any atom is -0.324 e. The van der Waals surface area contributed by atoms with Crippen molar-refractivity contribution in [2.75, 3.05) is 0 Å². The Kier molecular flexibility index (Phi) is 2.36. The fraction of sp³-hybridized carbons (Fsp3) is 0.222. The molecule has 0 spiro atoms. The average molecular weight is 247 g/mol. The zero-order chi connectivity index (χ0) is 12.8. The molecule has 19 heavy (non-hydrogen) atoms. The first-order chi connectivity index (χ1) is 9.34. The normalized spacial score (nSPS) is 21.4. The summed E-state index contributed by atoms with van der Waals surface area (Å²) >= 11 is 0. The highest BCUT2D eigenvalue weighted by molar-refractivity contribution is 5.94. The first kappa shape index (κ1) is 11.0. The number of fused-ring (bicyclic) bond motifs is 4. The summed E-state index contributed by atoms with van der Waals surface area (Å²) in [7, 11) is 0. The van der Waals surface area contributed by atoms with Crippen LogP contribution in [0.4, 0.5) is 0 Å². The quantitative estimate of drug-likeness (QED) is 0.736. The lowest BCUT2D eigenvalue weighted by atomic mass is 9.77. The third-order valence-corrected chi connectivity index (χ3v) is 4.38. The molecule has 0 aromatic heterocycles. The molecule has 94 valence electrons. The van der Waals surface area contributed by atoms with Crippen molar-refractivity contribution in [1.29, 1.82) is 0 Å². The summed E-state index contributed by atoms with van der Waals surface area (Å²) in [6.45, 7) is 0. The molecular weight excluding hydrogens is 230 g/mol. The van der Waals surface area contributed by atoms with E-state index >= 15 is 0 Å². The SMILES string of the molecule is NC1CC2=C(C=CCC2)c2ccc3ccccc3c21. The van der Waals surface area contributed by atoms with Crippen LogP contribution < -0.4 is 5.73 Å². The van der Waals surface area contributed by atoms with E-state index in [1.54, 1.807) is 0 Å². The lowest BCUT2D eigenvalue weighted by molar-refractivity contribution is 0.682. The predicted molar refractivity (Wildman–Crippen MR) is 80.8 cm³/mol. The molecule has 1 nitrogen and oxygen atoms in total. The van der Waals surface area contributed by atoms with E-state index in [4.69, 9.17) is 5.73 Å². The van der Waals surface area contributed by atoms with Gasteiger partial charge in [-0.3, -0.25) is 0 Å². The number of nitrogens with two attached hydrogens (primary N) is 1. The molecule has 0 bridgehead atoms. The maximum absolute atomic E-state index is 6.46. The summed E-state index contributed by atoms with van der Waals surface area (Å²) in [6, 6.07) is 13.2. The molecule has 2 aromatic carbocycles. The standard InChI is InChI=1S/C18H17N/c19-17-11-13-6-2-3-7-14(13)16-10-9-12-5-1-4-8-15(12)18(16)17/h1,3-5,7-10,17H,2,6,11,19H2. The highest BCUT2D eigenvalue weighted by Crippen LogP contribution is 2.43. The number of rotatable bonds is 0. The van der Waals surface area contributed by atoms with E-state index in [9.17, 15) is 0 Å². The number of hydrogen-bond acceptors (Lipinski definition) is 1. The molecule has 0 aliphatic heterocycles. The van der Waals surface area contributed by atoms with E-state index in [-0.39, 0.29) is 6.04 Å². The summed E-state index contributed by atoms with van der Waals surface area (Å²) in [5.74, 6) is 0. The van der Waals surface area contributed by atoms with Crippen LogP contribution in [0, 0.1) is 0 Å². The molecule has 2 N–H and O–H groups in total. The Morgan fingerprint density at radius 2 is 1.95 bits per heavy atom. The van der Waals surface area contributed by atoms with Crippen molar-refractivity contribution in [2.45, 2.75) is 25.3 Å². The van der Waals surface area contributed by atoms with Crippen LogP contribution >= 0.6 is 0 Å². The second-order valence-electron chi connectivity index (χ2n) is 5.52. The lowest BCUT2D eigenvalue weighted by Gasteiger charge is -2.29. The monoisotopic (exact) mass is 247 g/mol. The molecule has 1 unspecified atom stereocenters. The van der Waals surface area contributed by atoms with Gasteiger partial charge < -0.3 is 5.73 Å². The summed E-state index contributed by atoms with van der Waals surface area (Å²) < 4.78 is 0. The van der Waals surface area contributed by atoms with E-state index in [1.165, 1.54) is 39.5 Å². The van der Waals surface area contributed by atoms with Crippen LogP contribution in [0.15, 0.2) is 54.1 Å². The van der Waals surface area contributed by atoms with Crippen LogP contribution in [0.1, 0.15) is 36.4 Å². The van der Waals surface area contributed by atoms with Crippen LogP contribution in [0.2, 0.25) is 0 Å². The molecule has 4 rings (SSSR count). The largest absolute Gasteiger partial charge is 0.324 e. The minimum absolute atomic E-state index is 0.145. The number of allylic oxidation sites excluding steroid dienone is 3. The highest BCUT2D eigenvalue weighted by atomic mass is 14.6. The Labute approximate surface area is 113 Å². The zero-order valence-electron chi connectivity index (χ0n) is 10.9.